The Morgan fingerprint density at radius 3 is 2.35 bits per heavy atom. The molecule has 0 aliphatic heterocycles. The normalized spacial score (nSPS) is 10.7. The molecule has 4 nitrogen and oxygen atoms in total. The molecule has 4 aromatic rings. The molecule has 1 N–H and O–H groups in total. The molecule has 0 radical (unpaired) electrons. The highest BCUT2D eigenvalue weighted by molar-refractivity contribution is 14.1. The van der Waals surface area contributed by atoms with E-state index in [2.05, 4.69) is 37.9 Å². The van der Waals surface area contributed by atoms with Crippen LogP contribution in [0.25, 0.3) is 10.9 Å². The van der Waals surface area contributed by atoms with E-state index in [1.165, 1.54) is 0 Å². The van der Waals surface area contributed by atoms with E-state index in [0.29, 0.717) is 18.4 Å². The van der Waals surface area contributed by atoms with Crippen molar-refractivity contribution < 1.29 is 4.74 Å². The van der Waals surface area contributed by atoms with Crippen molar-refractivity contribution in [2.24, 2.45) is 0 Å². The van der Waals surface area contributed by atoms with Gasteiger partial charge in [0, 0.05) is 9.26 Å². The minimum absolute atomic E-state index is 0.462. The van der Waals surface area contributed by atoms with Crippen LogP contribution < -0.4 is 10.1 Å². The number of nitrogens with zero attached hydrogens (tertiary/aromatic N) is 2. The van der Waals surface area contributed by atoms with E-state index in [1.54, 1.807) is 0 Å². The van der Waals surface area contributed by atoms with Crippen molar-refractivity contribution in [2.75, 3.05) is 5.32 Å². The Morgan fingerprint density at radius 1 is 0.846 bits per heavy atom. The lowest BCUT2D eigenvalue weighted by molar-refractivity contribution is 0.298. The molecule has 0 atom stereocenters. The highest BCUT2D eigenvalue weighted by Crippen LogP contribution is 2.27. The fourth-order valence-corrected chi connectivity index (χ4v) is 3.11. The summed E-state index contributed by atoms with van der Waals surface area (Å²) in [7, 11) is 0. The average molecular weight is 453 g/mol. The van der Waals surface area contributed by atoms with E-state index < -0.39 is 0 Å². The van der Waals surface area contributed by atoms with Crippen molar-refractivity contribution in [1.82, 2.24) is 9.97 Å². The third kappa shape index (κ3) is 3.94. The first kappa shape index (κ1) is 16.8. The van der Waals surface area contributed by atoms with Crippen LogP contribution in [-0.4, -0.2) is 9.97 Å². The van der Waals surface area contributed by atoms with Gasteiger partial charge in [-0.05, 0) is 58.5 Å². The zero-order chi connectivity index (χ0) is 17.8. The van der Waals surface area contributed by atoms with Gasteiger partial charge in [0.15, 0.2) is 0 Å². The van der Waals surface area contributed by atoms with Gasteiger partial charge >= 0.3 is 0 Å². The van der Waals surface area contributed by atoms with Crippen LogP contribution in [0.1, 0.15) is 5.56 Å². The first-order chi connectivity index (χ1) is 12.8. The molecule has 0 spiro atoms. The Labute approximate surface area is 165 Å². The fraction of sp³-hybridized carbons (Fsp3) is 0.0476. The second-order valence-electron chi connectivity index (χ2n) is 5.78. The molecule has 4 rings (SSSR count). The standard InChI is InChI=1S/C21H16IN3O/c22-16-11-12-19-18(13-16)20(26-14-15-7-3-1-4-8-15)25-21(24-19)23-17-9-5-2-6-10-17/h1-13H,14H2,(H,23,24,25). The molecular weight excluding hydrogens is 437 g/mol. The maximum absolute atomic E-state index is 6.04. The van der Waals surface area contributed by atoms with Crippen molar-refractivity contribution in [3.05, 3.63) is 88.0 Å². The SMILES string of the molecule is Ic1ccc2nc(Nc3ccccc3)nc(OCc3ccccc3)c2c1. The summed E-state index contributed by atoms with van der Waals surface area (Å²) in [6, 6.07) is 26.0. The molecule has 0 bridgehead atoms. The predicted molar refractivity (Wildman–Crippen MR) is 113 cm³/mol. The number of fused-ring (bicyclic) bond motifs is 1. The fourth-order valence-electron chi connectivity index (χ4n) is 2.62. The summed E-state index contributed by atoms with van der Waals surface area (Å²) in [5.74, 6) is 1.10. The van der Waals surface area contributed by atoms with Gasteiger partial charge in [0.1, 0.15) is 6.61 Å². The summed E-state index contributed by atoms with van der Waals surface area (Å²) in [5.41, 5.74) is 2.88. The van der Waals surface area contributed by atoms with Crippen molar-refractivity contribution in [3.63, 3.8) is 0 Å². The molecular formula is C21H16IN3O. The topological polar surface area (TPSA) is 47.0 Å². The quantitative estimate of drug-likeness (QED) is 0.402. The summed E-state index contributed by atoms with van der Waals surface area (Å²) in [6.07, 6.45) is 0. The average Bonchev–Trinajstić information content (AvgIpc) is 2.68. The van der Waals surface area contributed by atoms with E-state index in [0.717, 1.165) is 25.7 Å². The van der Waals surface area contributed by atoms with Crippen LogP contribution in [0.5, 0.6) is 5.88 Å². The summed E-state index contributed by atoms with van der Waals surface area (Å²) in [4.78, 5) is 9.23. The largest absolute Gasteiger partial charge is 0.472 e. The summed E-state index contributed by atoms with van der Waals surface area (Å²) in [5, 5.41) is 4.15. The number of para-hydroxylation sites is 1. The third-order valence-electron chi connectivity index (χ3n) is 3.87. The minimum Gasteiger partial charge on any atom is -0.472 e. The molecule has 1 heterocycles. The van der Waals surface area contributed by atoms with Crippen molar-refractivity contribution in [3.8, 4) is 5.88 Å². The van der Waals surface area contributed by atoms with Crippen molar-refractivity contribution in [2.45, 2.75) is 6.61 Å². The van der Waals surface area contributed by atoms with Gasteiger partial charge < -0.3 is 10.1 Å². The van der Waals surface area contributed by atoms with E-state index >= 15 is 0 Å². The molecule has 0 unspecified atom stereocenters. The zero-order valence-corrected chi connectivity index (χ0v) is 16.1. The molecule has 0 saturated carbocycles. The maximum Gasteiger partial charge on any atom is 0.231 e. The van der Waals surface area contributed by atoms with Gasteiger partial charge in [0.2, 0.25) is 11.8 Å². The molecule has 3 aromatic carbocycles. The molecule has 0 aliphatic carbocycles. The lowest BCUT2D eigenvalue weighted by atomic mass is 10.2. The number of aromatic nitrogens is 2. The Morgan fingerprint density at radius 2 is 1.58 bits per heavy atom. The number of anilines is 2. The van der Waals surface area contributed by atoms with Crippen LogP contribution >= 0.6 is 22.6 Å². The Bertz CT molecular complexity index is 1020. The minimum atomic E-state index is 0.462. The molecule has 0 fully saturated rings. The second kappa shape index (κ2) is 7.70. The number of hydrogen-bond donors (Lipinski definition) is 1. The van der Waals surface area contributed by atoms with Crippen molar-refractivity contribution in [1.29, 1.82) is 0 Å². The second-order valence-corrected chi connectivity index (χ2v) is 7.02. The highest BCUT2D eigenvalue weighted by atomic mass is 127. The number of halogens is 1. The van der Waals surface area contributed by atoms with Gasteiger partial charge in [-0.1, -0.05) is 48.5 Å². The molecule has 0 saturated heterocycles. The lowest BCUT2D eigenvalue weighted by Crippen LogP contribution is -2.03. The maximum atomic E-state index is 6.04. The molecule has 0 amide bonds. The van der Waals surface area contributed by atoms with Gasteiger partial charge in [0.05, 0.1) is 10.9 Å². The van der Waals surface area contributed by atoms with Gasteiger partial charge in [-0.2, -0.15) is 4.98 Å². The number of rotatable bonds is 5. The summed E-state index contributed by atoms with van der Waals surface area (Å²) >= 11 is 2.29. The van der Waals surface area contributed by atoms with Crippen LogP contribution in [0.2, 0.25) is 0 Å². The summed E-state index contributed by atoms with van der Waals surface area (Å²) in [6.45, 7) is 0.462. The van der Waals surface area contributed by atoms with Gasteiger partial charge in [-0.15, -0.1) is 0 Å². The van der Waals surface area contributed by atoms with E-state index in [4.69, 9.17) is 4.74 Å². The molecule has 0 aliphatic rings. The number of ether oxygens (including phenoxy) is 1. The van der Waals surface area contributed by atoms with Gasteiger partial charge in [-0.3, -0.25) is 0 Å². The molecule has 128 valence electrons. The molecule has 26 heavy (non-hydrogen) atoms. The first-order valence-electron chi connectivity index (χ1n) is 8.24. The first-order valence-corrected chi connectivity index (χ1v) is 9.32. The Hall–Kier alpha value is -2.67. The van der Waals surface area contributed by atoms with E-state index in [1.807, 2.05) is 78.9 Å². The smallest absolute Gasteiger partial charge is 0.231 e. The van der Waals surface area contributed by atoms with Crippen LogP contribution in [0, 0.1) is 3.57 Å². The predicted octanol–water partition coefficient (Wildman–Crippen LogP) is 5.56. The lowest BCUT2D eigenvalue weighted by Gasteiger charge is -2.12. The number of hydrogen-bond acceptors (Lipinski definition) is 4. The highest BCUT2D eigenvalue weighted by Gasteiger charge is 2.10. The zero-order valence-electron chi connectivity index (χ0n) is 13.9. The van der Waals surface area contributed by atoms with Gasteiger partial charge in [0.25, 0.3) is 0 Å². The number of benzene rings is 3. The summed E-state index contributed by atoms with van der Waals surface area (Å²) < 4.78 is 7.16. The van der Waals surface area contributed by atoms with E-state index in [-0.39, 0.29) is 0 Å². The molecule has 5 heteroatoms. The number of nitrogens with one attached hydrogen (secondary N) is 1. The van der Waals surface area contributed by atoms with Gasteiger partial charge in [-0.25, -0.2) is 4.98 Å². The van der Waals surface area contributed by atoms with Crippen molar-refractivity contribution >= 4 is 45.1 Å². The van der Waals surface area contributed by atoms with Crippen LogP contribution in [-0.2, 0) is 6.61 Å². The van der Waals surface area contributed by atoms with Crippen LogP contribution in [0.15, 0.2) is 78.9 Å². The van der Waals surface area contributed by atoms with E-state index in [9.17, 15) is 0 Å². The monoisotopic (exact) mass is 453 g/mol. The van der Waals surface area contributed by atoms with Crippen LogP contribution in [0.3, 0.4) is 0 Å². The third-order valence-corrected chi connectivity index (χ3v) is 4.54. The Kier molecular flexibility index (Phi) is 4.97. The molecule has 1 aromatic heterocycles. The Balaban J connectivity index is 1.69. The van der Waals surface area contributed by atoms with Crippen LogP contribution in [0.4, 0.5) is 11.6 Å².